The van der Waals surface area contributed by atoms with Gasteiger partial charge in [0.05, 0.1) is 0 Å². The van der Waals surface area contributed by atoms with E-state index in [1.165, 1.54) is 24.8 Å². The summed E-state index contributed by atoms with van der Waals surface area (Å²) in [6.45, 7) is 14.8. The summed E-state index contributed by atoms with van der Waals surface area (Å²) >= 11 is 0. The van der Waals surface area contributed by atoms with Gasteiger partial charge in [-0.05, 0) is 45.1 Å². The Morgan fingerprint density at radius 3 is 2.10 bits per heavy atom. The smallest absolute Gasteiger partial charge is 0.00968 e. The molecule has 0 amide bonds. The molecule has 0 fully saturated rings. The minimum Gasteiger partial charge on any atom is -0.311 e. The molecule has 1 heteroatoms. The van der Waals surface area contributed by atoms with E-state index in [4.69, 9.17) is 0 Å². The van der Waals surface area contributed by atoms with Gasteiger partial charge in [0.25, 0.3) is 0 Å². The molecule has 0 bridgehead atoms. The highest BCUT2D eigenvalue weighted by molar-refractivity contribution is 5.26. The maximum Gasteiger partial charge on any atom is 0.00968 e. The fourth-order valence-corrected chi connectivity index (χ4v) is 2.80. The maximum atomic E-state index is 3.74. The lowest BCUT2D eigenvalue weighted by molar-refractivity contribution is 0.267. The van der Waals surface area contributed by atoms with Crippen molar-refractivity contribution in [3.63, 3.8) is 0 Å². The van der Waals surface area contributed by atoms with Crippen LogP contribution in [0.3, 0.4) is 0 Å². The first-order valence-electron chi connectivity index (χ1n) is 8.13. The van der Waals surface area contributed by atoms with Gasteiger partial charge in [-0.1, -0.05) is 57.5 Å². The molecule has 0 aromatic heterocycles. The number of nitrogens with one attached hydrogen (secondary N) is 1. The van der Waals surface area contributed by atoms with Crippen molar-refractivity contribution >= 4 is 0 Å². The highest BCUT2D eigenvalue weighted by atomic mass is 15.0. The van der Waals surface area contributed by atoms with Crippen LogP contribution >= 0.6 is 0 Å². The molecule has 0 saturated carbocycles. The van der Waals surface area contributed by atoms with Crippen LogP contribution < -0.4 is 5.32 Å². The van der Waals surface area contributed by atoms with Gasteiger partial charge in [0.1, 0.15) is 0 Å². The minimum atomic E-state index is 0.171. The van der Waals surface area contributed by atoms with Gasteiger partial charge in [-0.3, -0.25) is 0 Å². The predicted octanol–water partition coefficient (Wildman–Crippen LogP) is 5.16. The van der Waals surface area contributed by atoms with Crippen molar-refractivity contribution in [3.8, 4) is 0 Å². The maximum absolute atomic E-state index is 3.74. The van der Waals surface area contributed by atoms with E-state index in [2.05, 4.69) is 77.2 Å². The summed E-state index contributed by atoms with van der Waals surface area (Å²) < 4.78 is 0. The first-order chi connectivity index (χ1) is 9.33. The first-order valence-corrected chi connectivity index (χ1v) is 8.13. The van der Waals surface area contributed by atoms with Crippen molar-refractivity contribution in [2.45, 2.75) is 71.8 Å². The van der Waals surface area contributed by atoms with Crippen LogP contribution in [0.1, 0.15) is 66.4 Å². The van der Waals surface area contributed by atoms with Gasteiger partial charge >= 0.3 is 0 Å². The van der Waals surface area contributed by atoms with Crippen LogP contribution in [0, 0.1) is 5.92 Å². The summed E-state index contributed by atoms with van der Waals surface area (Å²) in [5, 5.41) is 3.74. The van der Waals surface area contributed by atoms with Crippen LogP contribution in [0.15, 0.2) is 30.3 Å². The van der Waals surface area contributed by atoms with Gasteiger partial charge < -0.3 is 5.32 Å². The van der Waals surface area contributed by atoms with Crippen molar-refractivity contribution < 1.29 is 0 Å². The Hall–Kier alpha value is -0.820. The van der Waals surface area contributed by atoms with Gasteiger partial charge in [-0.2, -0.15) is 0 Å². The Balaban J connectivity index is 3.03. The first kappa shape index (κ1) is 17.2. The van der Waals surface area contributed by atoms with Crippen molar-refractivity contribution in [3.05, 3.63) is 35.9 Å². The molecule has 1 N–H and O–H groups in total. The Morgan fingerprint density at radius 2 is 1.65 bits per heavy atom. The molecule has 0 heterocycles. The average molecular weight is 275 g/mol. The van der Waals surface area contributed by atoms with Gasteiger partial charge in [-0.15, -0.1) is 0 Å². The monoisotopic (exact) mass is 275 g/mol. The predicted molar refractivity (Wildman–Crippen MR) is 90.2 cm³/mol. The molecule has 1 nitrogen and oxygen atoms in total. The van der Waals surface area contributed by atoms with Crippen LogP contribution in [0.5, 0.6) is 0 Å². The molecule has 0 radical (unpaired) electrons. The molecular formula is C19H33N. The Labute approximate surface area is 126 Å². The van der Waals surface area contributed by atoms with E-state index >= 15 is 0 Å². The second-order valence-electron chi connectivity index (χ2n) is 7.32. The van der Waals surface area contributed by atoms with Crippen LogP contribution in [0.4, 0.5) is 0 Å². The van der Waals surface area contributed by atoms with Gasteiger partial charge in [0, 0.05) is 17.5 Å². The number of rotatable bonds is 7. The van der Waals surface area contributed by atoms with E-state index < -0.39 is 0 Å². The van der Waals surface area contributed by atoms with Gasteiger partial charge in [0.2, 0.25) is 0 Å². The third-order valence-corrected chi connectivity index (χ3v) is 4.46. The molecule has 0 saturated heterocycles. The van der Waals surface area contributed by atoms with E-state index in [0.717, 1.165) is 12.5 Å². The lowest BCUT2D eigenvalue weighted by atomic mass is 9.71. The van der Waals surface area contributed by atoms with E-state index in [1.807, 2.05) is 0 Å². The molecule has 0 aliphatic carbocycles. The highest BCUT2D eigenvalue weighted by Gasteiger charge is 2.32. The third kappa shape index (κ3) is 4.94. The summed E-state index contributed by atoms with van der Waals surface area (Å²) in [6, 6.07) is 11.1. The molecule has 0 aliphatic rings. The summed E-state index contributed by atoms with van der Waals surface area (Å²) in [5.41, 5.74) is 1.91. The Bertz CT molecular complexity index is 377. The Morgan fingerprint density at radius 1 is 1.05 bits per heavy atom. The average Bonchev–Trinajstić information content (AvgIpc) is 2.43. The lowest BCUT2D eigenvalue weighted by Crippen LogP contribution is -2.46. The van der Waals surface area contributed by atoms with Crippen LogP contribution in [0.25, 0.3) is 0 Å². The fourth-order valence-electron chi connectivity index (χ4n) is 2.80. The molecule has 1 aromatic carbocycles. The molecule has 0 aliphatic heterocycles. The zero-order chi connectivity index (χ0) is 15.2. The zero-order valence-corrected chi connectivity index (χ0v) is 14.3. The van der Waals surface area contributed by atoms with E-state index in [9.17, 15) is 0 Å². The second-order valence-corrected chi connectivity index (χ2v) is 7.32. The zero-order valence-electron chi connectivity index (χ0n) is 14.3. The standard InChI is InChI=1S/C19H33N/c1-7-16(3)14-19(8-2,15-20-18(4,5)6)17-12-10-9-11-13-17/h9-13,16,20H,7-8,14-15H2,1-6H3. The normalized spacial score (nSPS) is 16.7. The summed E-state index contributed by atoms with van der Waals surface area (Å²) in [4.78, 5) is 0. The van der Waals surface area contributed by atoms with Gasteiger partial charge in [-0.25, -0.2) is 0 Å². The molecule has 1 aromatic rings. The highest BCUT2D eigenvalue weighted by Crippen LogP contribution is 2.35. The third-order valence-electron chi connectivity index (χ3n) is 4.46. The van der Waals surface area contributed by atoms with Crippen molar-refractivity contribution in [2.24, 2.45) is 5.92 Å². The number of benzene rings is 1. The lowest BCUT2D eigenvalue weighted by Gasteiger charge is -2.38. The molecule has 114 valence electrons. The van der Waals surface area contributed by atoms with Crippen LogP contribution in [-0.2, 0) is 5.41 Å². The summed E-state index contributed by atoms with van der Waals surface area (Å²) in [6.07, 6.45) is 3.70. The van der Waals surface area contributed by atoms with E-state index in [1.54, 1.807) is 0 Å². The fraction of sp³-hybridized carbons (Fsp3) is 0.684. The molecule has 20 heavy (non-hydrogen) atoms. The largest absolute Gasteiger partial charge is 0.311 e. The van der Waals surface area contributed by atoms with Crippen LogP contribution in [0.2, 0.25) is 0 Å². The molecule has 2 atom stereocenters. The summed E-state index contributed by atoms with van der Waals surface area (Å²) in [7, 11) is 0. The topological polar surface area (TPSA) is 12.0 Å². The Kier molecular flexibility index (Phi) is 6.26. The molecule has 1 rings (SSSR count). The van der Waals surface area contributed by atoms with E-state index in [0.29, 0.717) is 0 Å². The summed E-state index contributed by atoms with van der Waals surface area (Å²) in [5.74, 6) is 0.761. The van der Waals surface area contributed by atoms with E-state index in [-0.39, 0.29) is 11.0 Å². The van der Waals surface area contributed by atoms with Crippen molar-refractivity contribution in [1.82, 2.24) is 5.32 Å². The van der Waals surface area contributed by atoms with Crippen molar-refractivity contribution in [2.75, 3.05) is 6.54 Å². The molecule has 2 unspecified atom stereocenters. The minimum absolute atomic E-state index is 0.171. The van der Waals surface area contributed by atoms with Gasteiger partial charge in [0.15, 0.2) is 0 Å². The molecule has 0 spiro atoms. The SMILES string of the molecule is CCC(C)CC(CC)(CNC(C)(C)C)c1ccccc1. The molecular weight excluding hydrogens is 242 g/mol. The number of hydrogen-bond acceptors (Lipinski definition) is 1. The van der Waals surface area contributed by atoms with Crippen LogP contribution in [-0.4, -0.2) is 12.1 Å². The quantitative estimate of drug-likeness (QED) is 0.725. The second kappa shape index (κ2) is 7.26. The van der Waals surface area contributed by atoms with Crippen molar-refractivity contribution in [1.29, 1.82) is 0 Å². The number of hydrogen-bond donors (Lipinski definition) is 1.